The predicted octanol–water partition coefficient (Wildman–Crippen LogP) is 2.93. The summed E-state index contributed by atoms with van der Waals surface area (Å²) in [5.41, 5.74) is 2.60. The molecule has 0 atom stereocenters. The second-order valence-electron chi connectivity index (χ2n) is 4.49. The minimum Gasteiger partial charge on any atom is -0.285 e. The molecule has 0 aliphatic carbocycles. The fourth-order valence-electron chi connectivity index (χ4n) is 1.83. The number of hydrogen-bond donors (Lipinski definition) is 1. The van der Waals surface area contributed by atoms with E-state index in [0.29, 0.717) is 0 Å². The van der Waals surface area contributed by atoms with E-state index in [9.17, 15) is 0 Å². The van der Waals surface area contributed by atoms with E-state index >= 15 is 0 Å². The van der Waals surface area contributed by atoms with Gasteiger partial charge in [0.25, 0.3) is 0 Å². The van der Waals surface area contributed by atoms with Crippen LogP contribution in [0.2, 0.25) is 0 Å². The van der Waals surface area contributed by atoms with Crippen molar-refractivity contribution in [2.45, 2.75) is 25.7 Å². The third kappa shape index (κ3) is 2.27. The lowest BCUT2D eigenvalue weighted by Crippen LogP contribution is -2.20. The Morgan fingerprint density at radius 3 is 2.47 bits per heavy atom. The summed E-state index contributed by atoms with van der Waals surface area (Å²) in [7, 11) is 0. The van der Waals surface area contributed by atoms with E-state index in [0.717, 1.165) is 12.1 Å². The first-order chi connectivity index (χ1) is 7.18. The molecule has 0 aliphatic rings. The number of nitrogens with one attached hydrogen (secondary N) is 1. The van der Waals surface area contributed by atoms with Crippen LogP contribution >= 0.6 is 0 Å². The highest BCUT2D eigenvalue weighted by Crippen LogP contribution is 2.26. The smallest absolute Gasteiger partial charge is 0.0630 e. The van der Waals surface area contributed by atoms with Gasteiger partial charge in [0.1, 0.15) is 0 Å². The van der Waals surface area contributed by atoms with Crippen LogP contribution in [0.25, 0.3) is 0 Å². The number of aromatic nitrogens is 2. The molecular weight excluding hydrogens is 184 g/mol. The van der Waals surface area contributed by atoms with Crippen LogP contribution < -0.4 is 0 Å². The van der Waals surface area contributed by atoms with Crippen LogP contribution in [-0.2, 0) is 11.8 Å². The summed E-state index contributed by atoms with van der Waals surface area (Å²) >= 11 is 0. The Morgan fingerprint density at radius 2 is 1.87 bits per heavy atom. The van der Waals surface area contributed by atoms with Gasteiger partial charge in [0, 0.05) is 12.6 Å². The second kappa shape index (κ2) is 3.89. The highest BCUT2D eigenvalue weighted by atomic mass is 15.1. The maximum absolute atomic E-state index is 4.20. The fraction of sp³-hybridized carbons (Fsp3) is 0.308. The standard InChI is InChI=1S/C13H16N2/c1-13(2,10-12-8-9-14-15-12)11-6-4-3-5-7-11/h3-9H,10H2,1-2H3,(H,14,15). The summed E-state index contributed by atoms with van der Waals surface area (Å²) < 4.78 is 0. The Morgan fingerprint density at radius 1 is 1.13 bits per heavy atom. The molecule has 2 heteroatoms. The first-order valence-electron chi connectivity index (χ1n) is 5.23. The Bertz CT molecular complexity index is 401. The van der Waals surface area contributed by atoms with E-state index in [1.54, 1.807) is 0 Å². The molecule has 0 aliphatic heterocycles. The van der Waals surface area contributed by atoms with Gasteiger partial charge in [-0.25, -0.2) is 0 Å². The molecule has 2 rings (SSSR count). The molecule has 0 radical (unpaired) electrons. The minimum absolute atomic E-state index is 0.135. The van der Waals surface area contributed by atoms with Gasteiger partial charge >= 0.3 is 0 Å². The van der Waals surface area contributed by atoms with Gasteiger partial charge in [-0.3, -0.25) is 5.10 Å². The molecule has 0 saturated carbocycles. The van der Waals surface area contributed by atoms with Gasteiger partial charge in [0.15, 0.2) is 0 Å². The third-order valence-corrected chi connectivity index (χ3v) is 2.74. The van der Waals surface area contributed by atoms with Crippen LogP contribution in [0.5, 0.6) is 0 Å². The van der Waals surface area contributed by atoms with E-state index in [1.807, 2.05) is 18.3 Å². The van der Waals surface area contributed by atoms with Crippen molar-refractivity contribution in [3.05, 3.63) is 53.9 Å². The topological polar surface area (TPSA) is 28.7 Å². The van der Waals surface area contributed by atoms with E-state index in [4.69, 9.17) is 0 Å². The summed E-state index contributed by atoms with van der Waals surface area (Å²) in [6.45, 7) is 4.49. The van der Waals surface area contributed by atoms with Crippen molar-refractivity contribution < 1.29 is 0 Å². The number of hydrogen-bond acceptors (Lipinski definition) is 1. The minimum atomic E-state index is 0.135. The normalized spacial score (nSPS) is 11.6. The first kappa shape index (κ1) is 9.97. The van der Waals surface area contributed by atoms with Gasteiger partial charge in [-0.05, 0) is 17.0 Å². The zero-order valence-electron chi connectivity index (χ0n) is 9.20. The SMILES string of the molecule is CC(C)(Cc1cc[nH]n1)c1ccccc1. The quantitative estimate of drug-likeness (QED) is 0.810. The van der Waals surface area contributed by atoms with Crippen LogP contribution in [0.1, 0.15) is 25.1 Å². The van der Waals surface area contributed by atoms with Crippen molar-refractivity contribution in [3.63, 3.8) is 0 Å². The zero-order valence-corrected chi connectivity index (χ0v) is 9.20. The molecule has 1 N–H and O–H groups in total. The van der Waals surface area contributed by atoms with Gasteiger partial charge < -0.3 is 0 Å². The Hall–Kier alpha value is -1.57. The molecule has 0 unspecified atom stereocenters. The Labute approximate surface area is 90.3 Å². The number of benzene rings is 1. The molecule has 0 fully saturated rings. The van der Waals surface area contributed by atoms with Crippen LogP contribution in [0.3, 0.4) is 0 Å². The lowest BCUT2D eigenvalue weighted by molar-refractivity contribution is 0.514. The largest absolute Gasteiger partial charge is 0.285 e. The van der Waals surface area contributed by atoms with Crippen molar-refractivity contribution in [1.29, 1.82) is 0 Å². The van der Waals surface area contributed by atoms with E-state index in [1.165, 1.54) is 5.56 Å². The molecule has 2 aromatic rings. The molecule has 0 saturated heterocycles. The molecule has 1 aromatic heterocycles. The van der Waals surface area contributed by atoms with Crippen molar-refractivity contribution in [3.8, 4) is 0 Å². The highest BCUT2D eigenvalue weighted by Gasteiger charge is 2.21. The molecular formula is C13H16N2. The zero-order chi connectivity index (χ0) is 10.7. The van der Waals surface area contributed by atoms with Gasteiger partial charge in [0.2, 0.25) is 0 Å². The van der Waals surface area contributed by atoms with E-state index in [-0.39, 0.29) is 5.41 Å². The molecule has 1 heterocycles. The summed E-state index contributed by atoms with van der Waals surface area (Å²) in [6, 6.07) is 12.6. The number of H-pyrrole nitrogens is 1. The van der Waals surface area contributed by atoms with E-state index in [2.05, 4.69) is 48.3 Å². The summed E-state index contributed by atoms with van der Waals surface area (Å²) in [5, 5.41) is 7.06. The number of aromatic amines is 1. The van der Waals surface area contributed by atoms with Crippen LogP contribution in [-0.4, -0.2) is 10.2 Å². The molecule has 0 spiro atoms. The van der Waals surface area contributed by atoms with Crippen LogP contribution in [0.15, 0.2) is 42.6 Å². The molecule has 78 valence electrons. The van der Waals surface area contributed by atoms with Gasteiger partial charge in [-0.1, -0.05) is 44.2 Å². The van der Waals surface area contributed by atoms with Crippen molar-refractivity contribution >= 4 is 0 Å². The van der Waals surface area contributed by atoms with Crippen molar-refractivity contribution in [2.24, 2.45) is 0 Å². The maximum Gasteiger partial charge on any atom is 0.0630 e. The average Bonchev–Trinajstić information content (AvgIpc) is 2.71. The predicted molar refractivity (Wildman–Crippen MR) is 61.8 cm³/mol. The number of nitrogens with zero attached hydrogens (tertiary/aromatic N) is 1. The third-order valence-electron chi connectivity index (χ3n) is 2.74. The van der Waals surface area contributed by atoms with Crippen LogP contribution in [0, 0.1) is 0 Å². The summed E-state index contributed by atoms with van der Waals surface area (Å²) in [6.07, 6.45) is 2.83. The molecule has 0 bridgehead atoms. The van der Waals surface area contributed by atoms with Crippen molar-refractivity contribution in [1.82, 2.24) is 10.2 Å². The monoisotopic (exact) mass is 200 g/mol. The maximum atomic E-state index is 4.20. The molecule has 0 amide bonds. The lowest BCUT2D eigenvalue weighted by Gasteiger charge is -2.24. The Kier molecular flexibility index (Phi) is 2.58. The molecule has 1 aromatic carbocycles. The Balaban J connectivity index is 2.20. The lowest BCUT2D eigenvalue weighted by atomic mass is 9.81. The van der Waals surface area contributed by atoms with Gasteiger partial charge in [0.05, 0.1) is 5.69 Å². The van der Waals surface area contributed by atoms with Crippen molar-refractivity contribution in [2.75, 3.05) is 0 Å². The summed E-state index contributed by atoms with van der Waals surface area (Å²) in [4.78, 5) is 0. The molecule has 15 heavy (non-hydrogen) atoms. The van der Waals surface area contributed by atoms with Gasteiger partial charge in [-0.15, -0.1) is 0 Å². The fourth-order valence-corrected chi connectivity index (χ4v) is 1.83. The molecule has 2 nitrogen and oxygen atoms in total. The second-order valence-corrected chi connectivity index (χ2v) is 4.49. The number of rotatable bonds is 3. The van der Waals surface area contributed by atoms with E-state index < -0.39 is 0 Å². The summed E-state index contributed by atoms with van der Waals surface area (Å²) in [5.74, 6) is 0. The first-order valence-corrected chi connectivity index (χ1v) is 5.23. The average molecular weight is 200 g/mol. The van der Waals surface area contributed by atoms with Crippen LogP contribution in [0.4, 0.5) is 0 Å². The van der Waals surface area contributed by atoms with Gasteiger partial charge in [-0.2, -0.15) is 5.10 Å². The highest BCUT2D eigenvalue weighted by molar-refractivity contribution is 5.25.